The number of rotatable bonds is 9. The summed E-state index contributed by atoms with van der Waals surface area (Å²) in [6.45, 7) is 2.24. The highest BCUT2D eigenvalue weighted by atomic mass is 16.1. The van der Waals surface area contributed by atoms with Gasteiger partial charge in [-0.2, -0.15) is 0 Å². The summed E-state index contributed by atoms with van der Waals surface area (Å²) in [5.74, 6) is 0.848. The highest BCUT2D eigenvalue weighted by molar-refractivity contribution is 5.81. The van der Waals surface area contributed by atoms with E-state index >= 15 is 0 Å². The average molecular weight is 253 g/mol. The first-order valence-electron chi connectivity index (χ1n) is 8.02. The second-order valence-electron chi connectivity index (χ2n) is 5.95. The van der Waals surface area contributed by atoms with Gasteiger partial charge in [0.1, 0.15) is 5.78 Å². The smallest absolute Gasteiger partial charge is 0.135 e. The molecule has 0 heterocycles. The van der Waals surface area contributed by atoms with Gasteiger partial charge in [-0.25, -0.2) is 0 Å². The predicted molar refractivity (Wildman–Crippen MR) is 77.6 cm³/mol. The predicted octanol–water partition coefficient (Wildman–Crippen LogP) is 4.21. The molecule has 0 atom stereocenters. The Morgan fingerprint density at radius 1 is 0.944 bits per heavy atom. The number of unbranched alkanes of at least 4 members (excludes halogenated alkanes) is 6. The van der Waals surface area contributed by atoms with E-state index in [1.807, 2.05) is 0 Å². The van der Waals surface area contributed by atoms with Crippen LogP contribution in [0.5, 0.6) is 0 Å². The van der Waals surface area contributed by atoms with Gasteiger partial charge in [0, 0.05) is 18.4 Å². The highest BCUT2D eigenvalue weighted by Gasteiger charge is 2.23. The Bertz CT molecular complexity index is 219. The molecular weight excluding hydrogens is 222 g/mol. The largest absolute Gasteiger partial charge is 0.328 e. The van der Waals surface area contributed by atoms with Crippen molar-refractivity contribution in [3.63, 3.8) is 0 Å². The minimum atomic E-state index is 0.338. The number of Topliss-reactive ketones (excluding diaryl/α,β-unsaturated/α-hetero) is 1. The second-order valence-corrected chi connectivity index (χ2v) is 5.95. The van der Waals surface area contributed by atoms with E-state index in [0.717, 1.165) is 38.5 Å². The molecule has 106 valence electrons. The van der Waals surface area contributed by atoms with Crippen molar-refractivity contribution in [3.8, 4) is 0 Å². The monoisotopic (exact) mass is 253 g/mol. The van der Waals surface area contributed by atoms with E-state index in [1.54, 1.807) is 0 Å². The van der Waals surface area contributed by atoms with Gasteiger partial charge in [0.15, 0.2) is 0 Å². The van der Waals surface area contributed by atoms with Crippen molar-refractivity contribution in [2.24, 2.45) is 11.7 Å². The topological polar surface area (TPSA) is 43.1 Å². The summed E-state index contributed by atoms with van der Waals surface area (Å²) >= 11 is 0. The Morgan fingerprint density at radius 3 is 2.11 bits per heavy atom. The van der Waals surface area contributed by atoms with Crippen LogP contribution in [0.2, 0.25) is 0 Å². The lowest BCUT2D eigenvalue weighted by Crippen LogP contribution is -2.29. The van der Waals surface area contributed by atoms with Gasteiger partial charge in [-0.3, -0.25) is 4.79 Å². The van der Waals surface area contributed by atoms with Gasteiger partial charge in [0.2, 0.25) is 0 Å². The molecule has 0 aromatic heterocycles. The molecule has 0 radical (unpaired) electrons. The molecule has 1 saturated carbocycles. The van der Waals surface area contributed by atoms with Crippen molar-refractivity contribution in [2.45, 2.75) is 90.0 Å². The van der Waals surface area contributed by atoms with Crippen LogP contribution in [0.25, 0.3) is 0 Å². The minimum Gasteiger partial charge on any atom is -0.328 e. The third kappa shape index (κ3) is 6.53. The zero-order valence-electron chi connectivity index (χ0n) is 12.1. The third-order valence-corrected chi connectivity index (χ3v) is 4.25. The summed E-state index contributed by atoms with van der Waals surface area (Å²) in [6, 6.07) is 0.354. The van der Waals surface area contributed by atoms with Crippen molar-refractivity contribution in [2.75, 3.05) is 0 Å². The fraction of sp³-hybridized carbons (Fsp3) is 0.938. The summed E-state index contributed by atoms with van der Waals surface area (Å²) < 4.78 is 0. The molecule has 18 heavy (non-hydrogen) atoms. The molecule has 0 bridgehead atoms. The van der Waals surface area contributed by atoms with Crippen LogP contribution in [0.4, 0.5) is 0 Å². The molecule has 1 fully saturated rings. The number of ketones is 1. The molecular formula is C16H31NO. The molecule has 0 unspecified atom stereocenters. The number of hydrogen-bond donors (Lipinski definition) is 1. The molecule has 1 aliphatic rings. The minimum absolute atomic E-state index is 0.338. The molecule has 0 amide bonds. The maximum atomic E-state index is 12.0. The molecule has 2 heteroatoms. The maximum Gasteiger partial charge on any atom is 0.135 e. The van der Waals surface area contributed by atoms with E-state index in [1.165, 1.54) is 38.5 Å². The first-order valence-corrected chi connectivity index (χ1v) is 8.02. The van der Waals surface area contributed by atoms with Crippen LogP contribution in [0.15, 0.2) is 0 Å². The molecule has 0 saturated heterocycles. The third-order valence-electron chi connectivity index (χ3n) is 4.25. The summed E-state index contributed by atoms with van der Waals surface area (Å²) in [4.78, 5) is 12.0. The summed E-state index contributed by atoms with van der Waals surface area (Å²) in [6.07, 6.45) is 14.0. The van der Waals surface area contributed by atoms with E-state index < -0.39 is 0 Å². The van der Waals surface area contributed by atoms with Crippen molar-refractivity contribution < 1.29 is 4.79 Å². The van der Waals surface area contributed by atoms with Gasteiger partial charge in [-0.1, -0.05) is 45.4 Å². The Morgan fingerprint density at radius 2 is 1.50 bits per heavy atom. The van der Waals surface area contributed by atoms with E-state index in [2.05, 4.69) is 6.92 Å². The van der Waals surface area contributed by atoms with E-state index in [0.29, 0.717) is 17.7 Å². The van der Waals surface area contributed by atoms with Gasteiger partial charge in [-0.05, 0) is 32.1 Å². The molecule has 0 aromatic rings. The van der Waals surface area contributed by atoms with Crippen LogP contribution < -0.4 is 5.73 Å². The Kier molecular flexibility index (Phi) is 8.32. The number of carbonyl (C=O) groups is 1. The first kappa shape index (κ1) is 15.7. The number of hydrogen-bond acceptors (Lipinski definition) is 2. The molecule has 2 nitrogen and oxygen atoms in total. The van der Waals surface area contributed by atoms with Crippen molar-refractivity contribution in [1.82, 2.24) is 0 Å². The van der Waals surface area contributed by atoms with Gasteiger partial charge in [0.25, 0.3) is 0 Å². The normalized spacial score (nSPS) is 24.1. The van der Waals surface area contributed by atoms with Crippen molar-refractivity contribution in [3.05, 3.63) is 0 Å². The van der Waals surface area contributed by atoms with Gasteiger partial charge < -0.3 is 5.73 Å². The quantitative estimate of drug-likeness (QED) is 0.625. The van der Waals surface area contributed by atoms with Crippen LogP contribution in [0, 0.1) is 5.92 Å². The lowest BCUT2D eigenvalue weighted by atomic mass is 9.82. The zero-order chi connectivity index (χ0) is 13.2. The second kappa shape index (κ2) is 9.55. The summed E-state index contributed by atoms with van der Waals surface area (Å²) in [7, 11) is 0. The molecule has 0 aromatic carbocycles. The van der Waals surface area contributed by atoms with E-state index in [-0.39, 0.29) is 0 Å². The summed E-state index contributed by atoms with van der Waals surface area (Å²) in [5.41, 5.74) is 5.87. The lowest BCUT2D eigenvalue weighted by molar-refractivity contribution is -0.123. The standard InChI is InChI=1S/C16H31NO/c1-2-3-4-5-6-7-8-9-16(18)14-10-12-15(17)13-11-14/h14-15H,2-13,17H2,1H3. The van der Waals surface area contributed by atoms with E-state index in [4.69, 9.17) is 5.73 Å². The molecule has 1 rings (SSSR count). The fourth-order valence-corrected chi connectivity index (χ4v) is 2.90. The Balaban J connectivity index is 1.96. The average Bonchev–Trinajstić information content (AvgIpc) is 2.38. The van der Waals surface area contributed by atoms with E-state index in [9.17, 15) is 4.79 Å². The SMILES string of the molecule is CCCCCCCCCC(=O)C1CCC(N)CC1. The maximum absolute atomic E-state index is 12.0. The Hall–Kier alpha value is -0.370. The molecule has 0 spiro atoms. The lowest BCUT2D eigenvalue weighted by Gasteiger charge is -2.24. The fourth-order valence-electron chi connectivity index (χ4n) is 2.90. The zero-order valence-corrected chi connectivity index (χ0v) is 12.1. The number of nitrogens with two attached hydrogens (primary N) is 1. The first-order chi connectivity index (χ1) is 8.74. The van der Waals surface area contributed by atoms with Crippen LogP contribution in [0.1, 0.15) is 84.0 Å². The molecule has 2 N–H and O–H groups in total. The van der Waals surface area contributed by atoms with Crippen molar-refractivity contribution >= 4 is 5.78 Å². The van der Waals surface area contributed by atoms with Crippen LogP contribution in [-0.4, -0.2) is 11.8 Å². The van der Waals surface area contributed by atoms with Crippen molar-refractivity contribution in [1.29, 1.82) is 0 Å². The Labute approximate surface area is 113 Å². The highest BCUT2D eigenvalue weighted by Crippen LogP contribution is 2.25. The molecule has 1 aliphatic carbocycles. The van der Waals surface area contributed by atoms with Gasteiger partial charge >= 0.3 is 0 Å². The molecule has 0 aliphatic heterocycles. The number of carbonyl (C=O) groups excluding carboxylic acids is 1. The van der Waals surface area contributed by atoms with Crippen LogP contribution >= 0.6 is 0 Å². The summed E-state index contributed by atoms with van der Waals surface area (Å²) in [5, 5.41) is 0. The van der Waals surface area contributed by atoms with Gasteiger partial charge in [0.05, 0.1) is 0 Å². The van der Waals surface area contributed by atoms with Crippen LogP contribution in [-0.2, 0) is 4.79 Å². The van der Waals surface area contributed by atoms with Crippen LogP contribution in [0.3, 0.4) is 0 Å². The van der Waals surface area contributed by atoms with Gasteiger partial charge in [-0.15, -0.1) is 0 Å².